The fourth-order valence-electron chi connectivity index (χ4n) is 3.36. The summed E-state index contributed by atoms with van der Waals surface area (Å²) in [6.45, 7) is 12.1. The highest BCUT2D eigenvalue weighted by Gasteiger charge is 2.34. The molecule has 0 saturated carbocycles. The summed E-state index contributed by atoms with van der Waals surface area (Å²) in [6.07, 6.45) is 7.95. The zero-order valence-electron chi connectivity index (χ0n) is 16.3. The summed E-state index contributed by atoms with van der Waals surface area (Å²) < 4.78 is 28.7. The molecule has 0 aromatic carbocycles. The monoisotopic (exact) mass is 347 g/mol. The lowest BCUT2D eigenvalue weighted by Gasteiger charge is -2.33. The van der Waals surface area contributed by atoms with Gasteiger partial charge < -0.3 is 0 Å². The highest BCUT2D eigenvalue weighted by Crippen LogP contribution is 2.44. The molecule has 0 radical (unpaired) electrons. The van der Waals surface area contributed by atoms with Crippen LogP contribution in [0.15, 0.2) is 48.2 Å². The third kappa shape index (κ3) is 5.10. The zero-order valence-corrected chi connectivity index (χ0v) is 16.3. The molecule has 1 heterocycles. The van der Waals surface area contributed by atoms with Gasteiger partial charge in [-0.2, -0.15) is 0 Å². The molecule has 1 aliphatic rings. The summed E-state index contributed by atoms with van der Waals surface area (Å²) in [4.78, 5) is 4.38. The molecule has 138 valence electrons. The maximum absolute atomic E-state index is 14.7. The van der Waals surface area contributed by atoms with E-state index in [1.165, 1.54) is 0 Å². The number of nitrogens with zero attached hydrogens (tertiary/aromatic N) is 1. The average Bonchev–Trinajstić information content (AvgIpc) is 2.61. The van der Waals surface area contributed by atoms with Crippen molar-refractivity contribution in [2.75, 3.05) is 0 Å². The van der Waals surface area contributed by atoms with Crippen LogP contribution in [-0.4, -0.2) is 4.98 Å². The van der Waals surface area contributed by atoms with Gasteiger partial charge in [0.15, 0.2) is 0 Å². The van der Waals surface area contributed by atoms with Gasteiger partial charge in [-0.1, -0.05) is 52.3 Å². The number of aromatic nitrogens is 1. The van der Waals surface area contributed by atoms with Crippen molar-refractivity contribution in [3.63, 3.8) is 0 Å². The molecular formula is C22H31F2N. The van der Waals surface area contributed by atoms with E-state index in [0.29, 0.717) is 17.2 Å². The molecule has 0 fully saturated rings. The van der Waals surface area contributed by atoms with Crippen molar-refractivity contribution >= 4 is 5.57 Å². The topological polar surface area (TPSA) is 12.9 Å². The van der Waals surface area contributed by atoms with Gasteiger partial charge in [-0.3, -0.25) is 4.98 Å². The zero-order chi connectivity index (χ0) is 19.0. The van der Waals surface area contributed by atoms with Crippen molar-refractivity contribution in [1.29, 1.82) is 0 Å². The van der Waals surface area contributed by atoms with Crippen LogP contribution < -0.4 is 0 Å². The van der Waals surface area contributed by atoms with E-state index >= 15 is 0 Å². The summed E-state index contributed by atoms with van der Waals surface area (Å²) in [7, 11) is 0. The van der Waals surface area contributed by atoms with E-state index in [1.54, 1.807) is 6.20 Å². The SMILES string of the molecule is CC.CC=CC(C(C)CC)C1CC(F)=CC(F)=C1c1ncccc1C. The largest absolute Gasteiger partial charge is 0.256 e. The van der Waals surface area contributed by atoms with Crippen LogP contribution in [0.2, 0.25) is 0 Å². The Bertz CT molecular complexity index is 643. The first-order valence-corrected chi connectivity index (χ1v) is 9.30. The van der Waals surface area contributed by atoms with Gasteiger partial charge in [0.1, 0.15) is 11.7 Å². The standard InChI is InChI=1S/C20H25F2N.C2H6/c1-5-8-16(13(3)6-2)17-11-15(21)12-18(22)19(17)20-14(4)9-7-10-23-20;1-2/h5,7-10,12-13,16-17H,6,11H2,1-4H3;1-2H3. The molecule has 1 aromatic rings. The molecule has 3 heteroatoms. The van der Waals surface area contributed by atoms with E-state index in [-0.39, 0.29) is 24.1 Å². The smallest absolute Gasteiger partial charge is 0.131 e. The van der Waals surface area contributed by atoms with Crippen LogP contribution in [0.3, 0.4) is 0 Å². The van der Waals surface area contributed by atoms with Gasteiger partial charge >= 0.3 is 0 Å². The fraction of sp³-hybridized carbons (Fsp3) is 0.500. The number of pyridine rings is 1. The molecule has 3 atom stereocenters. The number of halogens is 2. The van der Waals surface area contributed by atoms with E-state index in [4.69, 9.17) is 0 Å². The summed E-state index contributed by atoms with van der Waals surface area (Å²) in [5, 5.41) is 0. The predicted octanol–water partition coefficient (Wildman–Crippen LogP) is 7.21. The molecule has 2 rings (SSSR count). The normalized spacial score (nSPS) is 20.0. The Kier molecular flexibility index (Phi) is 8.74. The Morgan fingerprint density at radius 1 is 1.32 bits per heavy atom. The van der Waals surface area contributed by atoms with Crippen molar-refractivity contribution in [2.24, 2.45) is 17.8 Å². The van der Waals surface area contributed by atoms with Crippen LogP contribution >= 0.6 is 0 Å². The third-order valence-corrected chi connectivity index (χ3v) is 4.77. The van der Waals surface area contributed by atoms with Gasteiger partial charge in [0.05, 0.1) is 5.69 Å². The Hall–Kier alpha value is -1.77. The van der Waals surface area contributed by atoms with Gasteiger partial charge in [0.25, 0.3) is 0 Å². The third-order valence-electron chi connectivity index (χ3n) is 4.77. The summed E-state index contributed by atoms with van der Waals surface area (Å²) in [5.41, 5.74) is 2.12. The van der Waals surface area contributed by atoms with Crippen molar-refractivity contribution in [3.8, 4) is 0 Å². The van der Waals surface area contributed by atoms with E-state index in [1.807, 2.05) is 45.9 Å². The van der Waals surface area contributed by atoms with E-state index in [9.17, 15) is 8.78 Å². The van der Waals surface area contributed by atoms with Crippen molar-refractivity contribution in [2.45, 2.75) is 54.4 Å². The highest BCUT2D eigenvalue weighted by atomic mass is 19.1. The summed E-state index contributed by atoms with van der Waals surface area (Å²) in [5.74, 6) is -0.665. The van der Waals surface area contributed by atoms with Gasteiger partial charge in [-0.25, -0.2) is 8.78 Å². The van der Waals surface area contributed by atoms with Gasteiger partial charge in [-0.05, 0) is 37.3 Å². The van der Waals surface area contributed by atoms with Crippen LogP contribution in [-0.2, 0) is 0 Å². The first-order chi connectivity index (χ1) is 12.0. The molecule has 0 amide bonds. The number of rotatable bonds is 5. The Labute approximate surface area is 151 Å². The molecular weight excluding hydrogens is 316 g/mol. The maximum atomic E-state index is 14.7. The second kappa shape index (κ2) is 10.3. The molecule has 0 saturated heterocycles. The van der Waals surface area contributed by atoms with Crippen LogP contribution in [0.5, 0.6) is 0 Å². The number of hydrogen-bond acceptors (Lipinski definition) is 1. The Balaban J connectivity index is 0.00000151. The summed E-state index contributed by atoms with van der Waals surface area (Å²) >= 11 is 0. The lowest BCUT2D eigenvalue weighted by atomic mass is 9.72. The van der Waals surface area contributed by atoms with Crippen molar-refractivity contribution in [3.05, 3.63) is 59.5 Å². The van der Waals surface area contributed by atoms with Crippen molar-refractivity contribution in [1.82, 2.24) is 4.98 Å². The second-order valence-corrected chi connectivity index (χ2v) is 6.32. The van der Waals surface area contributed by atoms with Crippen LogP contribution in [0.25, 0.3) is 5.57 Å². The first-order valence-electron chi connectivity index (χ1n) is 9.30. The molecule has 3 unspecified atom stereocenters. The number of hydrogen-bond donors (Lipinski definition) is 0. The molecule has 1 aromatic heterocycles. The molecule has 25 heavy (non-hydrogen) atoms. The van der Waals surface area contributed by atoms with Gasteiger partial charge in [0, 0.05) is 30.2 Å². The van der Waals surface area contributed by atoms with E-state index < -0.39 is 5.83 Å². The quantitative estimate of drug-likeness (QED) is 0.513. The Morgan fingerprint density at radius 3 is 2.56 bits per heavy atom. The summed E-state index contributed by atoms with van der Waals surface area (Å²) in [6, 6.07) is 3.76. The molecule has 1 aliphatic carbocycles. The molecule has 0 aliphatic heterocycles. The van der Waals surface area contributed by atoms with Crippen LogP contribution in [0.1, 0.15) is 58.7 Å². The minimum atomic E-state index is -0.488. The average molecular weight is 347 g/mol. The molecule has 1 nitrogen and oxygen atoms in total. The predicted molar refractivity (Wildman–Crippen MR) is 103 cm³/mol. The van der Waals surface area contributed by atoms with Gasteiger partial charge in [0.2, 0.25) is 0 Å². The second-order valence-electron chi connectivity index (χ2n) is 6.32. The lowest BCUT2D eigenvalue weighted by Crippen LogP contribution is -2.24. The lowest BCUT2D eigenvalue weighted by molar-refractivity contribution is 0.319. The fourth-order valence-corrected chi connectivity index (χ4v) is 3.36. The first kappa shape index (κ1) is 21.3. The Morgan fingerprint density at radius 2 is 2.00 bits per heavy atom. The van der Waals surface area contributed by atoms with E-state index in [0.717, 1.165) is 18.1 Å². The molecule has 0 N–H and O–H groups in total. The number of allylic oxidation sites excluding steroid dienone is 6. The van der Waals surface area contributed by atoms with E-state index in [2.05, 4.69) is 24.9 Å². The van der Waals surface area contributed by atoms with Crippen molar-refractivity contribution < 1.29 is 8.78 Å². The number of aryl methyl sites for hydroxylation is 1. The van der Waals surface area contributed by atoms with Crippen LogP contribution in [0.4, 0.5) is 8.78 Å². The molecule has 0 bridgehead atoms. The maximum Gasteiger partial charge on any atom is 0.131 e. The molecule has 0 spiro atoms. The van der Waals surface area contributed by atoms with Crippen LogP contribution in [0, 0.1) is 24.7 Å². The minimum Gasteiger partial charge on any atom is -0.256 e. The minimum absolute atomic E-state index is 0.0895. The van der Waals surface area contributed by atoms with Gasteiger partial charge in [-0.15, -0.1) is 0 Å². The highest BCUT2D eigenvalue weighted by molar-refractivity contribution is 5.72.